The zero-order valence-corrected chi connectivity index (χ0v) is 13.8. The molecule has 1 amide bonds. The van der Waals surface area contributed by atoms with Gasteiger partial charge in [-0.1, -0.05) is 18.2 Å². The monoisotopic (exact) mass is 311 g/mol. The predicted molar refractivity (Wildman–Crippen MR) is 93.1 cm³/mol. The lowest BCUT2D eigenvalue weighted by Gasteiger charge is -2.09. The third kappa shape index (κ3) is 4.36. The highest BCUT2D eigenvalue weighted by Crippen LogP contribution is 2.23. The van der Waals surface area contributed by atoms with E-state index in [1.165, 1.54) is 6.08 Å². The quantitative estimate of drug-likeness (QED) is 0.850. The summed E-state index contributed by atoms with van der Waals surface area (Å²) in [7, 11) is 3.19. The van der Waals surface area contributed by atoms with Gasteiger partial charge in [-0.25, -0.2) is 0 Å². The molecule has 0 aromatic heterocycles. The molecular weight excluding hydrogens is 290 g/mol. The summed E-state index contributed by atoms with van der Waals surface area (Å²) in [5.74, 6) is 1.18. The van der Waals surface area contributed by atoms with Gasteiger partial charge in [-0.2, -0.15) is 0 Å². The molecule has 2 aromatic rings. The number of ether oxygens (including phenoxy) is 2. The Morgan fingerprint density at radius 3 is 2.09 bits per heavy atom. The molecule has 4 nitrogen and oxygen atoms in total. The summed E-state index contributed by atoms with van der Waals surface area (Å²) in [6.45, 7) is 3.94. The smallest absolute Gasteiger partial charge is 0.248 e. The van der Waals surface area contributed by atoms with Crippen molar-refractivity contribution in [3.05, 3.63) is 59.2 Å². The number of hydrogen-bond acceptors (Lipinski definition) is 3. The van der Waals surface area contributed by atoms with Gasteiger partial charge in [-0.3, -0.25) is 4.79 Å². The van der Waals surface area contributed by atoms with E-state index in [-0.39, 0.29) is 5.91 Å². The van der Waals surface area contributed by atoms with Crippen molar-refractivity contribution in [1.29, 1.82) is 0 Å². The van der Waals surface area contributed by atoms with E-state index in [1.54, 1.807) is 26.4 Å². The van der Waals surface area contributed by atoms with E-state index in [2.05, 4.69) is 5.32 Å². The van der Waals surface area contributed by atoms with Crippen molar-refractivity contribution >= 4 is 17.7 Å². The maximum atomic E-state index is 12.1. The van der Waals surface area contributed by atoms with Gasteiger partial charge in [0.05, 0.1) is 14.2 Å². The number of aryl methyl sites for hydroxylation is 2. The van der Waals surface area contributed by atoms with Crippen LogP contribution in [0.25, 0.3) is 6.08 Å². The van der Waals surface area contributed by atoms with Crippen LogP contribution in [0.3, 0.4) is 0 Å². The van der Waals surface area contributed by atoms with Crippen molar-refractivity contribution in [2.75, 3.05) is 19.5 Å². The predicted octanol–water partition coefficient (Wildman–Crippen LogP) is 3.97. The second-order valence-electron chi connectivity index (χ2n) is 5.24. The van der Waals surface area contributed by atoms with E-state index in [4.69, 9.17) is 9.47 Å². The van der Waals surface area contributed by atoms with E-state index in [0.29, 0.717) is 11.5 Å². The van der Waals surface area contributed by atoms with Crippen LogP contribution >= 0.6 is 0 Å². The minimum absolute atomic E-state index is 0.177. The van der Waals surface area contributed by atoms with E-state index in [0.717, 1.165) is 22.4 Å². The van der Waals surface area contributed by atoms with Gasteiger partial charge in [0.25, 0.3) is 0 Å². The van der Waals surface area contributed by atoms with Gasteiger partial charge in [0.2, 0.25) is 5.91 Å². The molecule has 0 fully saturated rings. The van der Waals surface area contributed by atoms with Gasteiger partial charge in [-0.05, 0) is 48.7 Å². The SMILES string of the molecule is COc1cc(/C=C/C(=O)Nc2c(C)cccc2C)cc(OC)c1. The standard InChI is InChI=1S/C19H21NO3/c1-13-6-5-7-14(2)19(13)20-18(21)9-8-15-10-16(22-3)12-17(11-15)23-4/h5-12H,1-4H3,(H,20,21)/b9-8+. The summed E-state index contributed by atoms with van der Waals surface area (Å²) in [6.07, 6.45) is 3.23. The molecular formula is C19H21NO3. The van der Waals surface area contributed by atoms with Crippen LogP contribution in [0.5, 0.6) is 11.5 Å². The fraction of sp³-hybridized carbons (Fsp3) is 0.211. The highest BCUT2D eigenvalue weighted by molar-refractivity contribution is 6.02. The molecule has 0 radical (unpaired) electrons. The largest absolute Gasteiger partial charge is 0.497 e. The van der Waals surface area contributed by atoms with Crippen LogP contribution in [0.1, 0.15) is 16.7 Å². The van der Waals surface area contributed by atoms with Crippen LogP contribution in [-0.4, -0.2) is 20.1 Å². The number of rotatable bonds is 5. The van der Waals surface area contributed by atoms with E-state index in [1.807, 2.05) is 44.2 Å². The van der Waals surface area contributed by atoms with Crippen LogP contribution in [0.2, 0.25) is 0 Å². The Morgan fingerprint density at radius 1 is 1.00 bits per heavy atom. The van der Waals surface area contributed by atoms with Crippen LogP contribution in [0.4, 0.5) is 5.69 Å². The summed E-state index contributed by atoms with van der Waals surface area (Å²) in [5.41, 5.74) is 3.76. The number of anilines is 1. The van der Waals surface area contributed by atoms with Gasteiger partial charge in [0, 0.05) is 17.8 Å². The Hall–Kier alpha value is -2.75. The van der Waals surface area contributed by atoms with E-state index in [9.17, 15) is 4.79 Å². The molecule has 0 heterocycles. The summed E-state index contributed by atoms with van der Waals surface area (Å²) < 4.78 is 10.4. The Labute approximate surface area is 136 Å². The summed E-state index contributed by atoms with van der Waals surface area (Å²) in [5, 5.41) is 2.92. The fourth-order valence-electron chi connectivity index (χ4n) is 2.27. The van der Waals surface area contributed by atoms with Gasteiger partial charge >= 0.3 is 0 Å². The molecule has 2 rings (SSSR count). The molecule has 0 saturated heterocycles. The highest BCUT2D eigenvalue weighted by Gasteiger charge is 2.05. The van der Waals surface area contributed by atoms with Crippen molar-refractivity contribution in [2.45, 2.75) is 13.8 Å². The Morgan fingerprint density at radius 2 is 1.57 bits per heavy atom. The van der Waals surface area contributed by atoms with Crippen LogP contribution < -0.4 is 14.8 Å². The molecule has 1 N–H and O–H groups in total. The maximum Gasteiger partial charge on any atom is 0.248 e. The minimum Gasteiger partial charge on any atom is -0.497 e. The molecule has 2 aromatic carbocycles. The first-order valence-electron chi connectivity index (χ1n) is 7.32. The highest BCUT2D eigenvalue weighted by atomic mass is 16.5. The average Bonchev–Trinajstić information content (AvgIpc) is 2.56. The number of methoxy groups -OCH3 is 2. The van der Waals surface area contributed by atoms with Gasteiger partial charge in [0.1, 0.15) is 11.5 Å². The van der Waals surface area contributed by atoms with Crippen molar-refractivity contribution < 1.29 is 14.3 Å². The lowest BCUT2D eigenvalue weighted by atomic mass is 10.1. The number of carbonyl (C=O) groups is 1. The second kappa shape index (κ2) is 7.49. The number of amides is 1. The first kappa shape index (κ1) is 16.6. The molecule has 0 saturated carbocycles. The third-order valence-corrected chi connectivity index (χ3v) is 3.53. The average molecular weight is 311 g/mol. The third-order valence-electron chi connectivity index (χ3n) is 3.53. The first-order chi connectivity index (χ1) is 11.0. The Kier molecular flexibility index (Phi) is 5.41. The minimum atomic E-state index is -0.177. The van der Waals surface area contributed by atoms with Crippen molar-refractivity contribution in [3.63, 3.8) is 0 Å². The molecule has 0 atom stereocenters. The first-order valence-corrected chi connectivity index (χ1v) is 7.32. The fourth-order valence-corrected chi connectivity index (χ4v) is 2.27. The molecule has 120 valence electrons. The lowest BCUT2D eigenvalue weighted by molar-refractivity contribution is -0.111. The van der Waals surface area contributed by atoms with E-state index >= 15 is 0 Å². The van der Waals surface area contributed by atoms with Crippen molar-refractivity contribution in [1.82, 2.24) is 0 Å². The molecule has 0 unspecified atom stereocenters. The molecule has 0 aliphatic carbocycles. The van der Waals surface area contributed by atoms with Gasteiger partial charge in [-0.15, -0.1) is 0 Å². The van der Waals surface area contributed by atoms with Gasteiger partial charge < -0.3 is 14.8 Å². The van der Waals surface area contributed by atoms with Crippen molar-refractivity contribution in [2.24, 2.45) is 0 Å². The Balaban J connectivity index is 2.15. The molecule has 0 aliphatic rings. The lowest BCUT2D eigenvalue weighted by Crippen LogP contribution is -2.10. The zero-order valence-electron chi connectivity index (χ0n) is 13.8. The number of benzene rings is 2. The summed E-state index contributed by atoms with van der Waals surface area (Å²) in [4.78, 5) is 12.1. The van der Waals surface area contributed by atoms with Crippen LogP contribution in [0, 0.1) is 13.8 Å². The van der Waals surface area contributed by atoms with Gasteiger partial charge in [0.15, 0.2) is 0 Å². The summed E-state index contributed by atoms with van der Waals surface area (Å²) in [6, 6.07) is 11.4. The number of nitrogens with one attached hydrogen (secondary N) is 1. The molecule has 23 heavy (non-hydrogen) atoms. The van der Waals surface area contributed by atoms with Crippen LogP contribution in [0.15, 0.2) is 42.5 Å². The van der Waals surface area contributed by atoms with Crippen LogP contribution in [-0.2, 0) is 4.79 Å². The maximum absolute atomic E-state index is 12.1. The molecule has 0 aliphatic heterocycles. The Bertz CT molecular complexity index is 693. The van der Waals surface area contributed by atoms with Crippen molar-refractivity contribution in [3.8, 4) is 11.5 Å². The normalized spacial score (nSPS) is 10.6. The number of carbonyl (C=O) groups excluding carboxylic acids is 1. The second-order valence-corrected chi connectivity index (χ2v) is 5.24. The molecule has 4 heteroatoms. The van der Waals surface area contributed by atoms with E-state index < -0.39 is 0 Å². The number of hydrogen-bond donors (Lipinski definition) is 1. The molecule has 0 bridgehead atoms. The number of para-hydroxylation sites is 1. The topological polar surface area (TPSA) is 47.6 Å². The molecule has 0 spiro atoms. The zero-order chi connectivity index (χ0) is 16.8. The summed E-state index contributed by atoms with van der Waals surface area (Å²) >= 11 is 0.